The molecule has 0 aliphatic heterocycles. The van der Waals surface area contributed by atoms with Crippen LogP contribution in [0.1, 0.15) is 31.0 Å². The number of carbonyl (C=O) groups is 1. The van der Waals surface area contributed by atoms with E-state index in [9.17, 15) is 4.79 Å². The molecule has 1 amide bonds. The van der Waals surface area contributed by atoms with Crippen LogP contribution in [0.3, 0.4) is 0 Å². The Morgan fingerprint density at radius 3 is 2.95 bits per heavy atom. The first-order valence-electron chi connectivity index (χ1n) is 7.39. The number of hydrogen-bond acceptors (Lipinski definition) is 6. The maximum absolute atomic E-state index is 11.4. The lowest BCUT2D eigenvalue weighted by Gasteiger charge is -2.07. The molecule has 0 saturated heterocycles. The number of nitrogens with zero attached hydrogens (tertiary/aromatic N) is 2. The monoisotopic (exact) mass is 323 g/mol. The van der Waals surface area contributed by atoms with E-state index in [0.29, 0.717) is 12.4 Å². The fourth-order valence-electron chi connectivity index (χ4n) is 2.05. The summed E-state index contributed by atoms with van der Waals surface area (Å²) in [5, 5.41) is 3.62. The van der Waals surface area contributed by atoms with Gasteiger partial charge >= 0.3 is 6.09 Å². The highest BCUT2D eigenvalue weighted by Gasteiger charge is 2.12. The van der Waals surface area contributed by atoms with E-state index in [1.54, 1.807) is 0 Å². The predicted octanol–water partition coefficient (Wildman–Crippen LogP) is 3.21. The minimum absolute atomic E-state index is 0.190. The summed E-state index contributed by atoms with van der Waals surface area (Å²) in [5.41, 5.74) is 2.05. The summed E-state index contributed by atoms with van der Waals surface area (Å²) in [6.07, 6.45) is 1.57. The van der Waals surface area contributed by atoms with Crippen LogP contribution in [0.5, 0.6) is 5.88 Å². The molecule has 0 spiro atoms. The standard InChI is InChI=1S/C15H21N3O3S/c1-4-5-6-16-15(19)21-8-7-20-13-12-10(2)9-11(3)17-14(12)22-18-13/h9H,4-8H2,1-3H3,(H,16,19). The molecule has 0 atom stereocenters. The molecule has 7 heteroatoms. The maximum atomic E-state index is 11.4. The van der Waals surface area contributed by atoms with E-state index >= 15 is 0 Å². The van der Waals surface area contributed by atoms with E-state index in [2.05, 4.69) is 21.6 Å². The van der Waals surface area contributed by atoms with Crippen molar-refractivity contribution in [3.63, 3.8) is 0 Å². The molecule has 6 nitrogen and oxygen atoms in total. The minimum Gasteiger partial charge on any atom is -0.473 e. The number of ether oxygens (including phenoxy) is 2. The molecule has 0 radical (unpaired) electrons. The first-order chi connectivity index (χ1) is 10.6. The van der Waals surface area contributed by atoms with Crippen LogP contribution >= 0.6 is 11.5 Å². The number of hydrogen-bond donors (Lipinski definition) is 1. The Balaban J connectivity index is 1.82. The van der Waals surface area contributed by atoms with Crippen molar-refractivity contribution in [3.8, 4) is 5.88 Å². The third-order valence-corrected chi connectivity index (χ3v) is 3.82. The Bertz CT molecular complexity index is 642. The van der Waals surface area contributed by atoms with Crippen LogP contribution in [0.25, 0.3) is 10.2 Å². The zero-order valence-corrected chi connectivity index (χ0v) is 14.0. The highest BCUT2D eigenvalue weighted by atomic mass is 32.1. The van der Waals surface area contributed by atoms with Gasteiger partial charge in [-0.1, -0.05) is 13.3 Å². The SMILES string of the molecule is CCCCNC(=O)OCCOc1nsc2nc(C)cc(C)c12. The van der Waals surface area contributed by atoms with E-state index in [0.717, 1.165) is 34.3 Å². The Labute approximate surface area is 134 Å². The van der Waals surface area contributed by atoms with Crippen molar-refractivity contribution >= 4 is 27.8 Å². The smallest absolute Gasteiger partial charge is 0.407 e. The molecular formula is C15H21N3O3S. The first kappa shape index (κ1) is 16.5. The van der Waals surface area contributed by atoms with Crippen LogP contribution in [0.2, 0.25) is 0 Å². The van der Waals surface area contributed by atoms with E-state index in [-0.39, 0.29) is 13.2 Å². The Morgan fingerprint density at radius 1 is 1.36 bits per heavy atom. The number of carbonyl (C=O) groups excluding carboxylic acids is 1. The van der Waals surface area contributed by atoms with Gasteiger partial charge in [-0.3, -0.25) is 0 Å². The van der Waals surface area contributed by atoms with Crippen molar-refractivity contribution in [1.82, 2.24) is 14.7 Å². The highest BCUT2D eigenvalue weighted by Crippen LogP contribution is 2.30. The van der Waals surface area contributed by atoms with Gasteiger partial charge < -0.3 is 14.8 Å². The average Bonchev–Trinajstić information content (AvgIpc) is 2.87. The highest BCUT2D eigenvalue weighted by molar-refractivity contribution is 7.13. The number of pyridine rings is 1. The summed E-state index contributed by atoms with van der Waals surface area (Å²) in [4.78, 5) is 16.7. The number of aromatic nitrogens is 2. The van der Waals surface area contributed by atoms with Gasteiger partial charge in [0.2, 0.25) is 5.88 Å². The van der Waals surface area contributed by atoms with Gasteiger partial charge in [-0.15, -0.1) is 0 Å². The number of nitrogens with one attached hydrogen (secondary N) is 1. The topological polar surface area (TPSA) is 73.3 Å². The van der Waals surface area contributed by atoms with Gasteiger partial charge in [0.15, 0.2) is 0 Å². The molecule has 0 aliphatic rings. The van der Waals surface area contributed by atoms with Crippen LogP contribution in [-0.2, 0) is 4.74 Å². The van der Waals surface area contributed by atoms with Crippen molar-refractivity contribution < 1.29 is 14.3 Å². The van der Waals surface area contributed by atoms with Gasteiger partial charge in [-0.2, -0.15) is 4.37 Å². The molecule has 2 heterocycles. The lowest BCUT2D eigenvalue weighted by atomic mass is 10.2. The van der Waals surface area contributed by atoms with Crippen LogP contribution in [-0.4, -0.2) is 35.2 Å². The second-order valence-corrected chi connectivity index (χ2v) is 5.76. The van der Waals surface area contributed by atoms with Gasteiger partial charge in [-0.05, 0) is 43.4 Å². The fraction of sp³-hybridized carbons (Fsp3) is 0.533. The molecule has 1 N–H and O–H groups in total. The van der Waals surface area contributed by atoms with Crippen LogP contribution in [0.15, 0.2) is 6.07 Å². The summed E-state index contributed by atoms with van der Waals surface area (Å²) >= 11 is 1.31. The molecule has 0 aromatic carbocycles. The van der Waals surface area contributed by atoms with Gasteiger partial charge in [0.25, 0.3) is 0 Å². The number of fused-ring (bicyclic) bond motifs is 1. The van der Waals surface area contributed by atoms with E-state index in [4.69, 9.17) is 9.47 Å². The van der Waals surface area contributed by atoms with E-state index in [1.165, 1.54) is 11.5 Å². The second-order valence-electron chi connectivity index (χ2n) is 5.01. The summed E-state index contributed by atoms with van der Waals surface area (Å²) in [6, 6.07) is 2.00. The third-order valence-electron chi connectivity index (χ3n) is 3.10. The maximum Gasteiger partial charge on any atom is 0.407 e. The van der Waals surface area contributed by atoms with E-state index < -0.39 is 6.09 Å². The van der Waals surface area contributed by atoms with Gasteiger partial charge in [0.1, 0.15) is 18.0 Å². The Hall–Kier alpha value is -1.89. The van der Waals surface area contributed by atoms with Crippen LogP contribution < -0.4 is 10.1 Å². The quantitative estimate of drug-likeness (QED) is 0.792. The van der Waals surface area contributed by atoms with Gasteiger partial charge in [0.05, 0.1) is 5.39 Å². The molecule has 0 saturated carbocycles. The zero-order valence-electron chi connectivity index (χ0n) is 13.1. The lowest BCUT2D eigenvalue weighted by Crippen LogP contribution is -2.26. The van der Waals surface area contributed by atoms with Crippen molar-refractivity contribution in [2.45, 2.75) is 33.6 Å². The third kappa shape index (κ3) is 4.30. The van der Waals surface area contributed by atoms with Crippen LogP contribution in [0, 0.1) is 13.8 Å². The average molecular weight is 323 g/mol. The summed E-state index contributed by atoms with van der Waals surface area (Å²) < 4.78 is 14.9. The number of alkyl carbamates (subject to hydrolysis) is 1. The Morgan fingerprint density at radius 2 is 2.18 bits per heavy atom. The second kappa shape index (κ2) is 7.93. The molecule has 0 bridgehead atoms. The lowest BCUT2D eigenvalue weighted by molar-refractivity contribution is 0.124. The van der Waals surface area contributed by atoms with Crippen molar-refractivity contribution in [3.05, 3.63) is 17.3 Å². The normalized spacial score (nSPS) is 10.7. The van der Waals surface area contributed by atoms with Gasteiger partial charge in [0, 0.05) is 12.2 Å². The number of aryl methyl sites for hydroxylation is 2. The first-order valence-corrected chi connectivity index (χ1v) is 8.16. The zero-order chi connectivity index (χ0) is 15.9. The molecule has 2 aromatic heterocycles. The van der Waals surface area contributed by atoms with Crippen molar-refractivity contribution in [1.29, 1.82) is 0 Å². The molecular weight excluding hydrogens is 302 g/mol. The summed E-state index contributed by atoms with van der Waals surface area (Å²) in [6.45, 7) is 7.13. The molecule has 2 aromatic rings. The number of rotatable bonds is 7. The minimum atomic E-state index is -0.409. The molecule has 2 rings (SSSR count). The summed E-state index contributed by atoms with van der Waals surface area (Å²) in [5.74, 6) is 0.556. The van der Waals surface area contributed by atoms with Crippen LogP contribution in [0.4, 0.5) is 4.79 Å². The molecule has 120 valence electrons. The van der Waals surface area contributed by atoms with Gasteiger partial charge in [-0.25, -0.2) is 9.78 Å². The summed E-state index contributed by atoms with van der Waals surface area (Å²) in [7, 11) is 0. The number of amides is 1. The largest absolute Gasteiger partial charge is 0.473 e. The van der Waals surface area contributed by atoms with E-state index in [1.807, 2.05) is 19.9 Å². The molecule has 0 aliphatic carbocycles. The number of unbranched alkanes of at least 4 members (excludes halogenated alkanes) is 1. The Kier molecular flexibility index (Phi) is 5.94. The molecule has 22 heavy (non-hydrogen) atoms. The fourth-order valence-corrected chi connectivity index (χ4v) is 2.89. The van der Waals surface area contributed by atoms with Crippen molar-refractivity contribution in [2.75, 3.05) is 19.8 Å². The molecule has 0 fully saturated rings. The molecule has 0 unspecified atom stereocenters. The predicted molar refractivity (Wildman–Crippen MR) is 86.6 cm³/mol. The van der Waals surface area contributed by atoms with Crippen molar-refractivity contribution in [2.24, 2.45) is 0 Å².